The van der Waals surface area contributed by atoms with Gasteiger partial charge in [0.05, 0.1) is 6.10 Å². The van der Waals surface area contributed by atoms with Gasteiger partial charge in [-0.05, 0) is 39.9 Å². The van der Waals surface area contributed by atoms with Crippen LogP contribution in [0.25, 0.3) is 17.2 Å². The molecular weight excluding hydrogens is 299 g/mol. The van der Waals surface area contributed by atoms with Crippen molar-refractivity contribution in [2.45, 2.75) is 12.0 Å². The van der Waals surface area contributed by atoms with Gasteiger partial charge in [0.2, 0.25) is 0 Å². The Morgan fingerprint density at radius 2 is 1.33 bits per heavy atom. The van der Waals surface area contributed by atoms with E-state index < -0.39 is 6.10 Å². The Morgan fingerprint density at radius 3 is 2.04 bits per heavy atom. The molecule has 118 valence electrons. The number of hydrogen-bond acceptors (Lipinski definition) is 1. The Kier molecular flexibility index (Phi) is 3.75. The molecule has 0 fully saturated rings. The second-order valence-corrected chi connectivity index (χ2v) is 6.06. The normalized spacial score (nSPS) is 19.1. The molecule has 0 heterocycles. The Balaban J connectivity index is 1.77. The standard InChI is InChI=1S/C22H17FO/c23-16-12-9-15(10-13-16)11-14-21-19-7-2-1-5-17(19)18-6-3-4-8-20(18)22(21)24/h1-14,21-22,24H/b14-11+/t21-,22-/m0/s1. The lowest BCUT2D eigenvalue weighted by molar-refractivity contribution is 0.160. The number of rotatable bonds is 2. The molecule has 1 aliphatic rings. The smallest absolute Gasteiger partial charge is 0.123 e. The van der Waals surface area contributed by atoms with Crippen molar-refractivity contribution in [2.24, 2.45) is 0 Å². The summed E-state index contributed by atoms with van der Waals surface area (Å²) in [6.07, 6.45) is 3.36. The van der Waals surface area contributed by atoms with E-state index in [4.69, 9.17) is 0 Å². The summed E-state index contributed by atoms with van der Waals surface area (Å²) in [7, 11) is 0. The zero-order chi connectivity index (χ0) is 16.5. The van der Waals surface area contributed by atoms with Gasteiger partial charge in [0.15, 0.2) is 0 Å². The number of fused-ring (bicyclic) bond motifs is 3. The highest BCUT2D eigenvalue weighted by Gasteiger charge is 2.30. The topological polar surface area (TPSA) is 20.2 Å². The van der Waals surface area contributed by atoms with E-state index >= 15 is 0 Å². The molecule has 1 N–H and O–H groups in total. The average Bonchev–Trinajstić information content (AvgIpc) is 2.63. The Labute approximate surface area is 140 Å². The predicted molar refractivity (Wildman–Crippen MR) is 95.0 cm³/mol. The summed E-state index contributed by atoms with van der Waals surface area (Å²) < 4.78 is 13.0. The van der Waals surface area contributed by atoms with Crippen LogP contribution in [0.3, 0.4) is 0 Å². The highest BCUT2D eigenvalue weighted by atomic mass is 19.1. The van der Waals surface area contributed by atoms with Crippen LogP contribution in [-0.2, 0) is 0 Å². The number of aliphatic hydroxyl groups is 1. The Bertz CT molecular complexity index is 896. The molecular formula is C22H17FO. The van der Waals surface area contributed by atoms with Gasteiger partial charge in [-0.25, -0.2) is 4.39 Å². The molecule has 0 radical (unpaired) electrons. The maximum Gasteiger partial charge on any atom is 0.123 e. The maximum atomic E-state index is 13.0. The maximum absolute atomic E-state index is 13.0. The van der Waals surface area contributed by atoms with Gasteiger partial charge in [0, 0.05) is 5.92 Å². The van der Waals surface area contributed by atoms with Crippen molar-refractivity contribution in [3.8, 4) is 11.1 Å². The minimum Gasteiger partial charge on any atom is -0.387 e. The highest BCUT2D eigenvalue weighted by Crippen LogP contribution is 2.46. The summed E-state index contributed by atoms with van der Waals surface area (Å²) in [5.74, 6) is -0.370. The van der Waals surface area contributed by atoms with Crippen molar-refractivity contribution in [1.29, 1.82) is 0 Å². The van der Waals surface area contributed by atoms with Gasteiger partial charge >= 0.3 is 0 Å². The molecule has 2 heteroatoms. The SMILES string of the molecule is O[C@H]1c2ccccc2-c2ccccc2[C@@H]1/C=C/c1ccc(F)cc1. The molecule has 4 rings (SSSR count). The third-order valence-electron chi connectivity index (χ3n) is 4.60. The summed E-state index contributed by atoms with van der Waals surface area (Å²) in [6, 6.07) is 22.5. The van der Waals surface area contributed by atoms with Crippen LogP contribution in [-0.4, -0.2) is 5.11 Å². The van der Waals surface area contributed by atoms with Crippen LogP contribution >= 0.6 is 0 Å². The van der Waals surface area contributed by atoms with Crippen LogP contribution in [0.2, 0.25) is 0 Å². The van der Waals surface area contributed by atoms with Crippen molar-refractivity contribution in [1.82, 2.24) is 0 Å². The molecule has 0 amide bonds. The molecule has 0 spiro atoms. The molecule has 0 saturated heterocycles. The predicted octanol–water partition coefficient (Wildman–Crippen LogP) is 5.34. The summed E-state index contributed by atoms with van der Waals surface area (Å²) in [5, 5.41) is 10.9. The number of aliphatic hydroxyl groups excluding tert-OH is 1. The van der Waals surface area contributed by atoms with E-state index in [1.54, 1.807) is 12.1 Å². The molecule has 0 bridgehead atoms. The van der Waals surface area contributed by atoms with E-state index in [1.165, 1.54) is 12.1 Å². The first-order chi connectivity index (χ1) is 11.7. The zero-order valence-electron chi connectivity index (χ0n) is 13.1. The van der Waals surface area contributed by atoms with Gasteiger partial charge in [-0.2, -0.15) is 0 Å². The largest absolute Gasteiger partial charge is 0.387 e. The monoisotopic (exact) mass is 316 g/mol. The van der Waals surface area contributed by atoms with Crippen molar-refractivity contribution in [2.75, 3.05) is 0 Å². The lowest BCUT2D eigenvalue weighted by Gasteiger charge is -2.30. The van der Waals surface area contributed by atoms with Crippen molar-refractivity contribution in [3.63, 3.8) is 0 Å². The average molecular weight is 316 g/mol. The van der Waals surface area contributed by atoms with Crippen LogP contribution in [0.5, 0.6) is 0 Å². The third-order valence-corrected chi connectivity index (χ3v) is 4.60. The van der Waals surface area contributed by atoms with Crippen LogP contribution in [0, 0.1) is 5.82 Å². The summed E-state index contributed by atoms with van der Waals surface area (Å²) in [4.78, 5) is 0. The molecule has 2 atom stereocenters. The number of halogens is 1. The summed E-state index contributed by atoms with van der Waals surface area (Å²) in [6.45, 7) is 0. The van der Waals surface area contributed by atoms with Crippen LogP contribution in [0.4, 0.5) is 4.39 Å². The number of benzene rings is 3. The van der Waals surface area contributed by atoms with E-state index in [9.17, 15) is 9.50 Å². The molecule has 0 aliphatic heterocycles. The number of hydrogen-bond donors (Lipinski definition) is 1. The molecule has 1 nitrogen and oxygen atoms in total. The molecule has 0 saturated carbocycles. The van der Waals surface area contributed by atoms with Crippen molar-refractivity contribution in [3.05, 3.63) is 101 Å². The van der Waals surface area contributed by atoms with Crippen LogP contribution < -0.4 is 0 Å². The van der Waals surface area contributed by atoms with E-state index in [1.807, 2.05) is 42.5 Å². The zero-order valence-corrected chi connectivity index (χ0v) is 13.1. The van der Waals surface area contributed by atoms with Gasteiger partial charge < -0.3 is 5.11 Å². The second kappa shape index (κ2) is 6.06. The van der Waals surface area contributed by atoms with Crippen molar-refractivity contribution >= 4 is 6.08 Å². The van der Waals surface area contributed by atoms with Gasteiger partial charge in [-0.1, -0.05) is 72.8 Å². The summed E-state index contributed by atoms with van der Waals surface area (Å²) in [5.41, 5.74) is 5.23. The third kappa shape index (κ3) is 2.55. The Morgan fingerprint density at radius 1 is 0.750 bits per heavy atom. The van der Waals surface area contributed by atoms with E-state index in [2.05, 4.69) is 18.2 Å². The summed E-state index contributed by atoms with van der Waals surface area (Å²) >= 11 is 0. The van der Waals surface area contributed by atoms with Crippen LogP contribution in [0.15, 0.2) is 78.9 Å². The Hall–Kier alpha value is -2.71. The molecule has 1 aliphatic carbocycles. The molecule has 3 aromatic rings. The fourth-order valence-electron chi connectivity index (χ4n) is 3.39. The fraction of sp³-hybridized carbons (Fsp3) is 0.0909. The van der Waals surface area contributed by atoms with Crippen LogP contribution in [0.1, 0.15) is 28.7 Å². The first-order valence-electron chi connectivity index (χ1n) is 8.04. The van der Waals surface area contributed by atoms with Gasteiger partial charge in [-0.15, -0.1) is 0 Å². The highest BCUT2D eigenvalue weighted by molar-refractivity contribution is 5.75. The molecule has 0 aromatic heterocycles. The molecule has 0 unspecified atom stereocenters. The second-order valence-electron chi connectivity index (χ2n) is 6.06. The lowest BCUT2D eigenvalue weighted by Crippen LogP contribution is -2.15. The van der Waals surface area contributed by atoms with Gasteiger partial charge in [0.1, 0.15) is 5.82 Å². The van der Waals surface area contributed by atoms with E-state index in [-0.39, 0.29) is 11.7 Å². The van der Waals surface area contributed by atoms with Gasteiger partial charge in [-0.3, -0.25) is 0 Å². The van der Waals surface area contributed by atoms with Gasteiger partial charge in [0.25, 0.3) is 0 Å². The quantitative estimate of drug-likeness (QED) is 0.677. The molecule has 3 aromatic carbocycles. The van der Waals surface area contributed by atoms with E-state index in [0.29, 0.717) is 0 Å². The first kappa shape index (κ1) is 14.9. The molecule has 24 heavy (non-hydrogen) atoms. The minimum absolute atomic E-state index is 0.124. The lowest BCUT2D eigenvalue weighted by atomic mass is 9.76. The first-order valence-corrected chi connectivity index (χ1v) is 8.04. The van der Waals surface area contributed by atoms with E-state index in [0.717, 1.165) is 27.8 Å². The van der Waals surface area contributed by atoms with Crippen molar-refractivity contribution < 1.29 is 9.50 Å². The fourth-order valence-corrected chi connectivity index (χ4v) is 3.39. The minimum atomic E-state index is -0.590.